The van der Waals surface area contributed by atoms with Crippen LogP contribution in [-0.2, 0) is 0 Å². The Morgan fingerprint density at radius 2 is 2.33 bits per heavy atom. The van der Waals surface area contributed by atoms with Gasteiger partial charge in [0, 0.05) is 36.9 Å². The first-order valence-corrected chi connectivity index (χ1v) is 7.78. The fourth-order valence-corrected chi connectivity index (χ4v) is 3.15. The summed E-state index contributed by atoms with van der Waals surface area (Å²) in [6, 6.07) is 1.99. The summed E-state index contributed by atoms with van der Waals surface area (Å²) >= 11 is 0. The molecule has 4 rings (SSSR count). The van der Waals surface area contributed by atoms with Crippen LogP contribution in [0.15, 0.2) is 24.8 Å². The minimum Gasteiger partial charge on any atom is -0.465 e. The fraction of sp³-hybridized carbons (Fsp3) is 0.333. The quantitative estimate of drug-likeness (QED) is 0.582. The minimum atomic E-state index is -0.876. The standard InChI is InChI=1S/C15H17N7O2/c23-15(24)22-5-1-2-9(7-22)20-12-10-3-4-16-13(10)17-6-11(12)14-18-8-19-21-14/h3-4,6,8-9H,1-2,5,7H2,(H,23,24)(H2,16,17,20)(H,18,19,21)/t9-/m1/s1. The summed E-state index contributed by atoms with van der Waals surface area (Å²) in [5, 5.41) is 20.4. The molecular weight excluding hydrogens is 310 g/mol. The summed E-state index contributed by atoms with van der Waals surface area (Å²) in [5.41, 5.74) is 2.47. The minimum absolute atomic E-state index is 0.0389. The molecule has 1 fully saturated rings. The summed E-state index contributed by atoms with van der Waals surface area (Å²) in [7, 11) is 0. The second kappa shape index (κ2) is 5.84. The van der Waals surface area contributed by atoms with Gasteiger partial charge in [-0.25, -0.2) is 14.8 Å². The topological polar surface area (TPSA) is 123 Å². The Hall–Kier alpha value is -3.10. The number of nitrogens with zero attached hydrogens (tertiary/aromatic N) is 4. The smallest absolute Gasteiger partial charge is 0.407 e. The van der Waals surface area contributed by atoms with Gasteiger partial charge < -0.3 is 20.3 Å². The SMILES string of the molecule is O=C(O)N1CCC[C@@H](Nc2c(-c3ncn[nH]3)cnc3[nH]ccc23)C1. The number of likely N-dealkylation sites (tertiary alicyclic amines) is 1. The van der Waals surface area contributed by atoms with Gasteiger partial charge in [0.2, 0.25) is 0 Å². The molecule has 0 bridgehead atoms. The van der Waals surface area contributed by atoms with Gasteiger partial charge >= 0.3 is 6.09 Å². The number of nitrogens with one attached hydrogen (secondary N) is 3. The number of carboxylic acid groups (broad SMARTS) is 1. The van der Waals surface area contributed by atoms with Crippen LogP contribution >= 0.6 is 0 Å². The van der Waals surface area contributed by atoms with Gasteiger partial charge in [0.25, 0.3) is 0 Å². The van der Waals surface area contributed by atoms with Gasteiger partial charge in [0.15, 0.2) is 5.82 Å². The van der Waals surface area contributed by atoms with Gasteiger partial charge in [0.05, 0.1) is 11.3 Å². The Morgan fingerprint density at radius 3 is 3.12 bits per heavy atom. The van der Waals surface area contributed by atoms with Crippen molar-refractivity contribution in [3.05, 3.63) is 24.8 Å². The highest BCUT2D eigenvalue weighted by Crippen LogP contribution is 2.32. The Morgan fingerprint density at radius 1 is 1.42 bits per heavy atom. The van der Waals surface area contributed by atoms with Gasteiger partial charge in [-0.1, -0.05) is 0 Å². The molecule has 0 aromatic carbocycles. The van der Waals surface area contributed by atoms with Crippen LogP contribution in [0.4, 0.5) is 10.5 Å². The molecule has 3 aromatic heterocycles. The molecule has 124 valence electrons. The summed E-state index contributed by atoms with van der Waals surface area (Å²) in [4.78, 5) is 24.4. The second-order valence-corrected chi connectivity index (χ2v) is 5.83. The van der Waals surface area contributed by atoms with Crippen molar-refractivity contribution in [2.45, 2.75) is 18.9 Å². The number of rotatable bonds is 3. The number of pyridine rings is 1. The molecule has 1 aliphatic rings. The van der Waals surface area contributed by atoms with Crippen molar-refractivity contribution in [2.24, 2.45) is 0 Å². The predicted molar refractivity (Wildman–Crippen MR) is 87.7 cm³/mol. The van der Waals surface area contributed by atoms with Crippen LogP contribution in [0.25, 0.3) is 22.4 Å². The third-order valence-corrected chi connectivity index (χ3v) is 4.30. The molecule has 0 spiro atoms. The van der Waals surface area contributed by atoms with Crippen LogP contribution in [0.5, 0.6) is 0 Å². The average molecular weight is 327 g/mol. The highest BCUT2D eigenvalue weighted by Gasteiger charge is 2.25. The predicted octanol–water partition coefficient (Wildman–Crippen LogP) is 1.90. The molecule has 1 saturated heterocycles. The van der Waals surface area contributed by atoms with Crippen molar-refractivity contribution in [3.63, 3.8) is 0 Å². The number of fused-ring (bicyclic) bond motifs is 1. The van der Waals surface area contributed by atoms with E-state index in [2.05, 4.69) is 30.5 Å². The molecule has 1 aliphatic heterocycles. The third-order valence-electron chi connectivity index (χ3n) is 4.30. The van der Waals surface area contributed by atoms with Crippen LogP contribution < -0.4 is 5.32 Å². The molecule has 4 N–H and O–H groups in total. The number of amides is 1. The van der Waals surface area contributed by atoms with E-state index in [9.17, 15) is 9.90 Å². The number of anilines is 1. The normalized spacial score (nSPS) is 18.0. The van der Waals surface area contributed by atoms with E-state index < -0.39 is 6.09 Å². The number of piperidine rings is 1. The highest BCUT2D eigenvalue weighted by molar-refractivity contribution is 5.97. The highest BCUT2D eigenvalue weighted by atomic mass is 16.4. The van der Waals surface area contributed by atoms with Crippen LogP contribution in [0.3, 0.4) is 0 Å². The lowest BCUT2D eigenvalue weighted by atomic mass is 10.0. The molecular formula is C15H17N7O2. The zero-order chi connectivity index (χ0) is 16.5. The van der Waals surface area contributed by atoms with E-state index in [0.29, 0.717) is 18.9 Å². The number of aromatic nitrogens is 5. The monoisotopic (exact) mass is 327 g/mol. The first-order valence-electron chi connectivity index (χ1n) is 7.78. The number of hydrogen-bond acceptors (Lipinski definition) is 5. The molecule has 24 heavy (non-hydrogen) atoms. The van der Waals surface area contributed by atoms with Gasteiger partial charge in [-0.15, -0.1) is 0 Å². The lowest BCUT2D eigenvalue weighted by molar-refractivity contribution is 0.133. The second-order valence-electron chi connectivity index (χ2n) is 5.83. The first-order chi connectivity index (χ1) is 11.7. The lowest BCUT2D eigenvalue weighted by Gasteiger charge is -2.32. The number of carbonyl (C=O) groups is 1. The van der Waals surface area contributed by atoms with Crippen LogP contribution in [-0.4, -0.2) is 60.4 Å². The molecule has 0 saturated carbocycles. The maximum Gasteiger partial charge on any atom is 0.407 e. The number of H-pyrrole nitrogens is 2. The van der Waals surface area contributed by atoms with Crippen LogP contribution in [0.2, 0.25) is 0 Å². The summed E-state index contributed by atoms with van der Waals surface area (Å²) in [5.74, 6) is 0.624. The van der Waals surface area contributed by atoms with E-state index in [1.807, 2.05) is 12.3 Å². The van der Waals surface area contributed by atoms with E-state index in [1.54, 1.807) is 6.20 Å². The maximum atomic E-state index is 11.2. The van der Waals surface area contributed by atoms with E-state index in [0.717, 1.165) is 35.1 Å². The Balaban J connectivity index is 1.71. The van der Waals surface area contributed by atoms with Crippen molar-refractivity contribution >= 4 is 22.8 Å². The zero-order valence-electron chi connectivity index (χ0n) is 12.9. The van der Waals surface area contributed by atoms with Crippen molar-refractivity contribution in [3.8, 4) is 11.4 Å². The average Bonchev–Trinajstić information content (AvgIpc) is 3.27. The maximum absolute atomic E-state index is 11.2. The fourth-order valence-electron chi connectivity index (χ4n) is 3.15. The van der Waals surface area contributed by atoms with Crippen molar-refractivity contribution in [2.75, 3.05) is 18.4 Å². The number of aromatic amines is 2. The van der Waals surface area contributed by atoms with Crippen LogP contribution in [0, 0.1) is 0 Å². The van der Waals surface area contributed by atoms with Crippen molar-refractivity contribution < 1.29 is 9.90 Å². The third kappa shape index (κ3) is 2.53. The molecule has 3 aromatic rings. The van der Waals surface area contributed by atoms with E-state index >= 15 is 0 Å². The molecule has 4 heterocycles. The molecule has 0 unspecified atom stereocenters. The molecule has 0 aliphatic carbocycles. The van der Waals surface area contributed by atoms with Gasteiger partial charge in [0.1, 0.15) is 12.0 Å². The van der Waals surface area contributed by atoms with Gasteiger partial charge in [-0.3, -0.25) is 5.10 Å². The van der Waals surface area contributed by atoms with E-state index in [-0.39, 0.29) is 6.04 Å². The van der Waals surface area contributed by atoms with Gasteiger partial charge in [-0.2, -0.15) is 5.10 Å². The summed E-state index contributed by atoms with van der Waals surface area (Å²) < 4.78 is 0. The van der Waals surface area contributed by atoms with Crippen molar-refractivity contribution in [1.82, 2.24) is 30.0 Å². The zero-order valence-corrected chi connectivity index (χ0v) is 12.9. The Bertz CT molecular complexity index is 858. The molecule has 9 nitrogen and oxygen atoms in total. The lowest BCUT2D eigenvalue weighted by Crippen LogP contribution is -2.44. The first kappa shape index (κ1) is 14.5. The largest absolute Gasteiger partial charge is 0.465 e. The summed E-state index contributed by atoms with van der Waals surface area (Å²) in [6.45, 7) is 1.04. The summed E-state index contributed by atoms with van der Waals surface area (Å²) in [6.07, 6.45) is 5.89. The molecule has 9 heteroatoms. The Labute approximate surface area is 137 Å². The molecule has 0 radical (unpaired) electrons. The van der Waals surface area contributed by atoms with Crippen LogP contribution in [0.1, 0.15) is 12.8 Å². The number of hydrogen-bond donors (Lipinski definition) is 4. The van der Waals surface area contributed by atoms with E-state index in [4.69, 9.17) is 0 Å². The van der Waals surface area contributed by atoms with Gasteiger partial charge in [-0.05, 0) is 18.9 Å². The van der Waals surface area contributed by atoms with E-state index in [1.165, 1.54) is 11.2 Å². The Kier molecular flexibility index (Phi) is 3.52. The van der Waals surface area contributed by atoms with Crippen molar-refractivity contribution in [1.29, 1.82) is 0 Å². The molecule has 1 atom stereocenters. The molecule has 1 amide bonds.